The Labute approximate surface area is 80.4 Å². The van der Waals surface area contributed by atoms with Gasteiger partial charge in [-0.25, -0.2) is 4.79 Å². The molecule has 0 radical (unpaired) electrons. The highest BCUT2D eigenvalue weighted by atomic mass is 32.1. The van der Waals surface area contributed by atoms with Crippen LogP contribution in [0.1, 0.15) is 5.56 Å². The highest BCUT2D eigenvalue weighted by molar-refractivity contribution is 7.80. The molecule has 68 valence electrons. The number of benzene rings is 1. The summed E-state index contributed by atoms with van der Waals surface area (Å²) >= 11 is 4.73. The summed E-state index contributed by atoms with van der Waals surface area (Å²) in [6.45, 7) is 0. The van der Waals surface area contributed by atoms with Gasteiger partial charge in [0.05, 0.1) is 0 Å². The Morgan fingerprint density at radius 1 is 1.38 bits per heavy atom. The average molecular weight is 196 g/mol. The third kappa shape index (κ3) is 2.72. The highest BCUT2D eigenvalue weighted by Crippen LogP contribution is 2.08. The van der Waals surface area contributed by atoms with Gasteiger partial charge in [0.1, 0.15) is 4.99 Å². The van der Waals surface area contributed by atoms with Crippen LogP contribution >= 0.6 is 12.2 Å². The molecule has 0 unspecified atom stereocenters. The number of thiocarbonyl (C=S) groups is 1. The molecule has 0 saturated carbocycles. The molecule has 0 saturated heterocycles. The fourth-order valence-electron chi connectivity index (χ4n) is 0.841. The first-order valence-corrected chi connectivity index (χ1v) is 3.90. The number of hydrogen-bond acceptors (Lipinski definition) is 2. The molecule has 0 atom stereocenters. The Bertz CT molecular complexity index is 335. The van der Waals surface area contributed by atoms with Gasteiger partial charge in [-0.05, 0) is 24.3 Å². The van der Waals surface area contributed by atoms with Gasteiger partial charge in [0.25, 0.3) is 0 Å². The Morgan fingerprint density at radius 2 is 1.92 bits per heavy atom. The van der Waals surface area contributed by atoms with E-state index in [1.165, 1.54) is 0 Å². The van der Waals surface area contributed by atoms with Gasteiger partial charge in [-0.15, -0.1) is 0 Å². The SMILES string of the molecule is NC(=S)c1ccc(NC(=O)O)cc1. The van der Waals surface area contributed by atoms with E-state index in [-0.39, 0.29) is 0 Å². The van der Waals surface area contributed by atoms with Crippen molar-refractivity contribution in [3.8, 4) is 0 Å². The molecule has 1 aromatic carbocycles. The summed E-state index contributed by atoms with van der Waals surface area (Å²) in [5.41, 5.74) is 6.57. The van der Waals surface area contributed by atoms with Gasteiger partial charge in [-0.2, -0.15) is 0 Å². The molecule has 1 amide bonds. The summed E-state index contributed by atoms with van der Waals surface area (Å²) in [5.74, 6) is 0. The third-order valence-electron chi connectivity index (χ3n) is 1.42. The zero-order valence-electron chi connectivity index (χ0n) is 6.65. The van der Waals surface area contributed by atoms with E-state index in [9.17, 15) is 4.79 Å². The van der Waals surface area contributed by atoms with Crippen molar-refractivity contribution in [1.29, 1.82) is 0 Å². The number of carbonyl (C=O) groups is 1. The van der Waals surface area contributed by atoms with E-state index in [2.05, 4.69) is 5.32 Å². The summed E-state index contributed by atoms with van der Waals surface area (Å²) in [6.07, 6.45) is -1.09. The van der Waals surface area contributed by atoms with Crippen LogP contribution in [-0.2, 0) is 0 Å². The van der Waals surface area contributed by atoms with Crippen LogP contribution in [0.15, 0.2) is 24.3 Å². The molecular formula is C8H8N2O2S. The van der Waals surface area contributed by atoms with Crippen molar-refractivity contribution >= 4 is 29.0 Å². The van der Waals surface area contributed by atoms with Gasteiger partial charge < -0.3 is 10.8 Å². The predicted molar refractivity (Wildman–Crippen MR) is 54.0 cm³/mol. The average Bonchev–Trinajstić information content (AvgIpc) is 2.04. The quantitative estimate of drug-likeness (QED) is 0.625. The minimum atomic E-state index is -1.09. The lowest BCUT2D eigenvalue weighted by molar-refractivity contribution is 0.210. The number of amides is 1. The van der Waals surface area contributed by atoms with Gasteiger partial charge >= 0.3 is 6.09 Å². The van der Waals surface area contributed by atoms with Crippen LogP contribution in [0, 0.1) is 0 Å². The fraction of sp³-hybridized carbons (Fsp3) is 0. The van der Waals surface area contributed by atoms with Crippen LogP contribution in [0.4, 0.5) is 10.5 Å². The zero-order valence-corrected chi connectivity index (χ0v) is 7.47. The summed E-state index contributed by atoms with van der Waals surface area (Å²) in [7, 11) is 0. The lowest BCUT2D eigenvalue weighted by atomic mass is 10.2. The van der Waals surface area contributed by atoms with Crippen molar-refractivity contribution in [3.05, 3.63) is 29.8 Å². The van der Waals surface area contributed by atoms with E-state index < -0.39 is 6.09 Å². The Hall–Kier alpha value is -1.62. The number of hydrogen-bond donors (Lipinski definition) is 3. The molecule has 0 spiro atoms. The molecule has 1 aromatic rings. The minimum Gasteiger partial charge on any atom is -0.465 e. The van der Waals surface area contributed by atoms with Gasteiger partial charge in [-0.1, -0.05) is 12.2 Å². The molecule has 0 aliphatic carbocycles. The van der Waals surface area contributed by atoms with Gasteiger partial charge in [0, 0.05) is 11.3 Å². The van der Waals surface area contributed by atoms with Crippen LogP contribution in [0.5, 0.6) is 0 Å². The second-order valence-corrected chi connectivity index (χ2v) is 2.81. The number of anilines is 1. The monoisotopic (exact) mass is 196 g/mol. The molecule has 0 aromatic heterocycles. The van der Waals surface area contributed by atoms with Crippen LogP contribution in [0.25, 0.3) is 0 Å². The summed E-state index contributed by atoms with van der Waals surface area (Å²) in [4.78, 5) is 10.5. The topological polar surface area (TPSA) is 75.3 Å². The van der Waals surface area contributed by atoms with E-state index >= 15 is 0 Å². The van der Waals surface area contributed by atoms with Crippen molar-refractivity contribution in [1.82, 2.24) is 0 Å². The van der Waals surface area contributed by atoms with Gasteiger partial charge in [0.2, 0.25) is 0 Å². The molecule has 0 fully saturated rings. The molecule has 1 rings (SSSR count). The molecule has 13 heavy (non-hydrogen) atoms. The van der Waals surface area contributed by atoms with E-state index in [0.29, 0.717) is 16.2 Å². The third-order valence-corrected chi connectivity index (χ3v) is 1.66. The standard InChI is InChI=1S/C8H8N2O2S/c9-7(13)5-1-3-6(4-2-5)10-8(11)12/h1-4,10H,(H2,9,13)(H,11,12). The molecule has 0 aliphatic rings. The summed E-state index contributed by atoms with van der Waals surface area (Å²) in [5, 5.41) is 10.6. The molecule has 4 nitrogen and oxygen atoms in total. The van der Waals surface area contributed by atoms with Crippen molar-refractivity contribution in [2.45, 2.75) is 0 Å². The van der Waals surface area contributed by atoms with Crippen LogP contribution < -0.4 is 11.1 Å². The second kappa shape index (κ2) is 3.86. The number of carboxylic acid groups (broad SMARTS) is 1. The number of rotatable bonds is 2. The smallest absolute Gasteiger partial charge is 0.409 e. The Balaban J connectivity index is 2.81. The fourth-order valence-corrected chi connectivity index (χ4v) is 0.977. The highest BCUT2D eigenvalue weighted by Gasteiger charge is 1.98. The minimum absolute atomic E-state index is 0.293. The van der Waals surface area contributed by atoms with Crippen LogP contribution in [0.2, 0.25) is 0 Å². The van der Waals surface area contributed by atoms with Crippen molar-refractivity contribution in [3.63, 3.8) is 0 Å². The predicted octanol–water partition coefficient (Wildman–Crippen LogP) is 1.41. The largest absolute Gasteiger partial charge is 0.465 e. The maximum atomic E-state index is 10.2. The second-order valence-electron chi connectivity index (χ2n) is 2.37. The van der Waals surface area contributed by atoms with E-state index in [0.717, 1.165) is 0 Å². The lowest BCUT2D eigenvalue weighted by Crippen LogP contribution is -2.10. The van der Waals surface area contributed by atoms with Crippen LogP contribution in [-0.4, -0.2) is 16.2 Å². The van der Waals surface area contributed by atoms with E-state index in [1.54, 1.807) is 24.3 Å². The molecule has 4 N–H and O–H groups in total. The Morgan fingerprint density at radius 3 is 2.31 bits per heavy atom. The molecule has 0 bridgehead atoms. The first-order chi connectivity index (χ1) is 6.09. The maximum Gasteiger partial charge on any atom is 0.409 e. The first-order valence-electron chi connectivity index (χ1n) is 3.49. The first kappa shape index (κ1) is 9.47. The Kier molecular flexibility index (Phi) is 2.81. The molecular weight excluding hydrogens is 188 g/mol. The van der Waals surface area contributed by atoms with Crippen LogP contribution in [0.3, 0.4) is 0 Å². The van der Waals surface area contributed by atoms with Crippen molar-refractivity contribution in [2.24, 2.45) is 5.73 Å². The number of nitrogens with one attached hydrogen (secondary N) is 1. The molecule has 5 heteroatoms. The van der Waals surface area contributed by atoms with Crippen molar-refractivity contribution < 1.29 is 9.90 Å². The normalized spacial score (nSPS) is 9.23. The molecule has 0 heterocycles. The zero-order chi connectivity index (χ0) is 9.84. The maximum absolute atomic E-state index is 10.2. The summed E-state index contributed by atoms with van der Waals surface area (Å²) in [6, 6.07) is 6.52. The van der Waals surface area contributed by atoms with Crippen molar-refractivity contribution in [2.75, 3.05) is 5.32 Å². The molecule has 0 aliphatic heterocycles. The van der Waals surface area contributed by atoms with E-state index in [4.69, 9.17) is 23.1 Å². The lowest BCUT2D eigenvalue weighted by Gasteiger charge is -2.01. The van der Waals surface area contributed by atoms with Gasteiger partial charge in [0.15, 0.2) is 0 Å². The van der Waals surface area contributed by atoms with Gasteiger partial charge in [-0.3, -0.25) is 5.32 Å². The summed E-state index contributed by atoms with van der Waals surface area (Å²) < 4.78 is 0. The number of nitrogens with two attached hydrogens (primary N) is 1. The van der Waals surface area contributed by atoms with E-state index in [1.807, 2.05) is 0 Å².